The standard InChI is InChI=1S/C8H13NO4/c1-7-3-9(6(10)11)4-8(7,2)13-5-12-7/h3-5H2,1-2H3,(H,10,11). The molecule has 0 aromatic heterocycles. The summed E-state index contributed by atoms with van der Waals surface area (Å²) in [5.74, 6) is 0. The van der Waals surface area contributed by atoms with E-state index in [0.717, 1.165) is 0 Å². The second kappa shape index (κ2) is 2.36. The number of hydrogen-bond acceptors (Lipinski definition) is 3. The first-order valence-corrected chi connectivity index (χ1v) is 4.23. The van der Waals surface area contributed by atoms with E-state index in [9.17, 15) is 4.79 Å². The number of nitrogens with zero attached hydrogens (tertiary/aromatic N) is 1. The van der Waals surface area contributed by atoms with Crippen LogP contribution in [0.25, 0.3) is 0 Å². The molecule has 0 saturated carbocycles. The van der Waals surface area contributed by atoms with Crippen molar-refractivity contribution in [2.24, 2.45) is 0 Å². The van der Waals surface area contributed by atoms with Crippen LogP contribution in [0, 0.1) is 0 Å². The van der Waals surface area contributed by atoms with Gasteiger partial charge in [0, 0.05) is 0 Å². The van der Waals surface area contributed by atoms with Crippen molar-refractivity contribution in [3.05, 3.63) is 0 Å². The lowest BCUT2D eigenvalue weighted by molar-refractivity contribution is -0.0152. The summed E-state index contributed by atoms with van der Waals surface area (Å²) in [5, 5.41) is 8.81. The van der Waals surface area contributed by atoms with Gasteiger partial charge in [-0.15, -0.1) is 0 Å². The highest BCUT2D eigenvalue weighted by atomic mass is 16.7. The van der Waals surface area contributed by atoms with Gasteiger partial charge >= 0.3 is 6.09 Å². The number of likely N-dealkylation sites (tertiary alicyclic amines) is 1. The Morgan fingerprint density at radius 1 is 1.31 bits per heavy atom. The third kappa shape index (κ3) is 1.04. The molecule has 2 aliphatic heterocycles. The monoisotopic (exact) mass is 187 g/mol. The molecule has 5 heteroatoms. The molecule has 0 aromatic carbocycles. The molecule has 0 spiro atoms. The highest BCUT2D eigenvalue weighted by molar-refractivity contribution is 5.66. The lowest BCUT2D eigenvalue weighted by Gasteiger charge is -2.27. The molecule has 1 amide bonds. The maximum atomic E-state index is 10.7. The minimum absolute atomic E-state index is 0.264. The summed E-state index contributed by atoms with van der Waals surface area (Å²) in [6.45, 7) is 4.82. The van der Waals surface area contributed by atoms with E-state index in [2.05, 4.69) is 0 Å². The van der Waals surface area contributed by atoms with Gasteiger partial charge in [-0.3, -0.25) is 0 Å². The van der Waals surface area contributed by atoms with Gasteiger partial charge in [-0.05, 0) is 13.8 Å². The van der Waals surface area contributed by atoms with Crippen molar-refractivity contribution in [1.29, 1.82) is 0 Å². The second-order valence-corrected chi connectivity index (χ2v) is 4.01. The van der Waals surface area contributed by atoms with Crippen molar-refractivity contribution < 1.29 is 19.4 Å². The first-order valence-electron chi connectivity index (χ1n) is 4.23. The Bertz CT molecular complexity index is 239. The molecule has 2 rings (SSSR count). The quantitative estimate of drug-likeness (QED) is 0.600. The Balaban J connectivity index is 2.23. The molecule has 0 aliphatic carbocycles. The van der Waals surface area contributed by atoms with Crippen molar-refractivity contribution in [3.8, 4) is 0 Å². The normalized spacial score (nSPS) is 43.7. The van der Waals surface area contributed by atoms with Crippen LogP contribution < -0.4 is 0 Å². The number of carboxylic acid groups (broad SMARTS) is 1. The molecular weight excluding hydrogens is 174 g/mol. The van der Waals surface area contributed by atoms with Crippen LogP contribution in [0.2, 0.25) is 0 Å². The highest BCUT2D eigenvalue weighted by Crippen LogP contribution is 2.41. The largest absolute Gasteiger partial charge is 0.465 e. The van der Waals surface area contributed by atoms with Gasteiger partial charge in [-0.25, -0.2) is 4.79 Å². The van der Waals surface area contributed by atoms with Gasteiger partial charge in [0.05, 0.1) is 13.1 Å². The molecule has 2 atom stereocenters. The Hall–Kier alpha value is -0.810. The topological polar surface area (TPSA) is 59.0 Å². The Kier molecular flexibility index (Phi) is 1.59. The van der Waals surface area contributed by atoms with Crippen LogP contribution in [0.3, 0.4) is 0 Å². The van der Waals surface area contributed by atoms with Crippen molar-refractivity contribution in [1.82, 2.24) is 4.90 Å². The van der Waals surface area contributed by atoms with Gasteiger partial charge < -0.3 is 19.5 Å². The van der Waals surface area contributed by atoms with E-state index in [1.165, 1.54) is 4.90 Å². The average Bonchev–Trinajstić information content (AvgIpc) is 2.38. The smallest absolute Gasteiger partial charge is 0.407 e. The van der Waals surface area contributed by atoms with Gasteiger partial charge in [0.25, 0.3) is 0 Å². The summed E-state index contributed by atoms with van der Waals surface area (Å²) in [7, 11) is 0. The van der Waals surface area contributed by atoms with E-state index in [-0.39, 0.29) is 6.79 Å². The highest BCUT2D eigenvalue weighted by Gasteiger charge is 2.59. The van der Waals surface area contributed by atoms with Crippen molar-refractivity contribution >= 4 is 6.09 Å². The summed E-state index contributed by atoms with van der Waals surface area (Å²) in [5.41, 5.74) is -0.962. The zero-order chi connectivity index (χ0) is 9.69. The summed E-state index contributed by atoms with van der Waals surface area (Å²) in [4.78, 5) is 12.1. The third-order valence-electron chi connectivity index (χ3n) is 3.13. The molecule has 2 saturated heterocycles. The number of hydrogen-bond donors (Lipinski definition) is 1. The lowest BCUT2D eigenvalue weighted by atomic mass is 9.90. The van der Waals surface area contributed by atoms with Crippen LogP contribution in [-0.2, 0) is 9.47 Å². The van der Waals surface area contributed by atoms with Gasteiger partial charge in [0.15, 0.2) is 0 Å². The summed E-state index contributed by atoms with van der Waals surface area (Å²) in [6.07, 6.45) is -0.913. The Morgan fingerprint density at radius 2 is 1.77 bits per heavy atom. The Morgan fingerprint density at radius 3 is 2.15 bits per heavy atom. The van der Waals surface area contributed by atoms with Crippen LogP contribution in [0.4, 0.5) is 4.79 Å². The fourth-order valence-electron chi connectivity index (χ4n) is 1.94. The van der Waals surface area contributed by atoms with Gasteiger partial charge in [-0.1, -0.05) is 0 Å². The maximum Gasteiger partial charge on any atom is 0.407 e. The Labute approximate surface area is 76.2 Å². The minimum atomic E-state index is -0.913. The van der Waals surface area contributed by atoms with Crippen LogP contribution in [0.15, 0.2) is 0 Å². The number of amides is 1. The van der Waals surface area contributed by atoms with Crippen LogP contribution in [0.1, 0.15) is 13.8 Å². The van der Waals surface area contributed by atoms with Crippen molar-refractivity contribution in [3.63, 3.8) is 0 Å². The van der Waals surface area contributed by atoms with Crippen LogP contribution in [0.5, 0.6) is 0 Å². The van der Waals surface area contributed by atoms with Gasteiger partial charge in [-0.2, -0.15) is 0 Å². The van der Waals surface area contributed by atoms with E-state index >= 15 is 0 Å². The zero-order valence-electron chi connectivity index (χ0n) is 7.74. The van der Waals surface area contributed by atoms with E-state index in [4.69, 9.17) is 14.6 Å². The number of carbonyl (C=O) groups is 1. The zero-order valence-corrected chi connectivity index (χ0v) is 7.74. The average molecular weight is 187 g/mol. The van der Waals surface area contributed by atoms with Gasteiger partial charge in [0.1, 0.15) is 18.0 Å². The molecule has 0 aromatic rings. The lowest BCUT2D eigenvalue weighted by Crippen LogP contribution is -2.45. The van der Waals surface area contributed by atoms with Crippen LogP contribution in [-0.4, -0.2) is 47.2 Å². The molecule has 2 unspecified atom stereocenters. The molecule has 13 heavy (non-hydrogen) atoms. The first kappa shape index (κ1) is 8.77. The minimum Gasteiger partial charge on any atom is -0.465 e. The molecule has 2 aliphatic rings. The fourth-order valence-corrected chi connectivity index (χ4v) is 1.94. The van der Waals surface area contributed by atoms with E-state index in [0.29, 0.717) is 13.1 Å². The number of fused-ring (bicyclic) bond motifs is 1. The molecule has 0 radical (unpaired) electrons. The number of ether oxygens (including phenoxy) is 2. The van der Waals surface area contributed by atoms with Crippen molar-refractivity contribution in [2.75, 3.05) is 19.9 Å². The first-order chi connectivity index (χ1) is 5.97. The predicted octanol–water partition coefficient (Wildman–Crippen LogP) is 0.502. The fraction of sp³-hybridized carbons (Fsp3) is 0.875. The molecule has 2 fully saturated rings. The van der Waals surface area contributed by atoms with E-state index in [1.807, 2.05) is 13.8 Å². The second-order valence-electron chi connectivity index (χ2n) is 4.01. The third-order valence-corrected chi connectivity index (χ3v) is 3.13. The SMILES string of the molecule is CC12CN(C(=O)O)CC1(C)OCO2. The molecule has 74 valence electrons. The molecule has 1 N–H and O–H groups in total. The molecular formula is C8H13NO4. The van der Waals surface area contributed by atoms with E-state index < -0.39 is 17.3 Å². The summed E-state index contributed by atoms with van der Waals surface area (Å²) in [6, 6.07) is 0. The maximum absolute atomic E-state index is 10.7. The van der Waals surface area contributed by atoms with Crippen molar-refractivity contribution in [2.45, 2.75) is 25.0 Å². The summed E-state index contributed by atoms with van der Waals surface area (Å²) < 4.78 is 10.8. The van der Waals surface area contributed by atoms with E-state index in [1.54, 1.807) is 0 Å². The molecule has 5 nitrogen and oxygen atoms in total. The molecule has 0 bridgehead atoms. The summed E-state index contributed by atoms with van der Waals surface area (Å²) >= 11 is 0. The van der Waals surface area contributed by atoms with Crippen LogP contribution >= 0.6 is 0 Å². The number of rotatable bonds is 0. The van der Waals surface area contributed by atoms with Gasteiger partial charge in [0.2, 0.25) is 0 Å². The predicted molar refractivity (Wildman–Crippen MR) is 43.4 cm³/mol. The molecule has 2 heterocycles.